The molecule has 1 aromatic carbocycles. The van der Waals surface area contributed by atoms with Crippen molar-refractivity contribution in [3.8, 4) is 0 Å². The lowest BCUT2D eigenvalue weighted by atomic mass is 10.1. The summed E-state index contributed by atoms with van der Waals surface area (Å²) in [5.41, 5.74) is 0.842. The number of benzene rings is 1. The minimum absolute atomic E-state index is 0.0148. The van der Waals surface area contributed by atoms with Crippen molar-refractivity contribution in [2.24, 2.45) is 5.92 Å². The molecule has 0 aromatic heterocycles. The van der Waals surface area contributed by atoms with Gasteiger partial charge in [0.1, 0.15) is 0 Å². The molecule has 2 rings (SSSR count). The van der Waals surface area contributed by atoms with Crippen LogP contribution in [0.1, 0.15) is 13.3 Å². The van der Waals surface area contributed by atoms with Gasteiger partial charge in [0.05, 0.1) is 5.92 Å². The third-order valence-electron chi connectivity index (χ3n) is 3.44. The van der Waals surface area contributed by atoms with Crippen molar-refractivity contribution in [3.63, 3.8) is 0 Å². The van der Waals surface area contributed by atoms with Gasteiger partial charge < -0.3 is 9.80 Å². The number of carbonyl (C=O) groups is 2. The van der Waals surface area contributed by atoms with Gasteiger partial charge in [-0.15, -0.1) is 0 Å². The SMILES string of the molecule is CCN(C)C(=O)C1CC(=O)N(c2cccc(Br)c2)C1. The second kappa shape index (κ2) is 5.74. The van der Waals surface area contributed by atoms with Crippen molar-refractivity contribution in [1.29, 1.82) is 0 Å². The lowest BCUT2D eigenvalue weighted by molar-refractivity contribution is -0.134. The molecule has 1 aromatic rings. The van der Waals surface area contributed by atoms with Gasteiger partial charge in [-0.3, -0.25) is 9.59 Å². The Bertz CT molecular complexity index is 504. The van der Waals surface area contributed by atoms with Crippen LogP contribution in [0.3, 0.4) is 0 Å². The molecule has 5 heteroatoms. The fourth-order valence-electron chi connectivity index (χ4n) is 2.23. The number of amides is 2. The summed E-state index contributed by atoms with van der Waals surface area (Å²) in [5, 5.41) is 0. The number of nitrogens with zero attached hydrogens (tertiary/aromatic N) is 2. The van der Waals surface area contributed by atoms with E-state index in [2.05, 4.69) is 15.9 Å². The van der Waals surface area contributed by atoms with E-state index in [4.69, 9.17) is 0 Å². The molecule has 0 N–H and O–H groups in total. The van der Waals surface area contributed by atoms with Gasteiger partial charge in [0.2, 0.25) is 11.8 Å². The van der Waals surface area contributed by atoms with E-state index in [-0.39, 0.29) is 17.7 Å². The van der Waals surface area contributed by atoms with Crippen molar-refractivity contribution in [3.05, 3.63) is 28.7 Å². The average molecular weight is 325 g/mol. The molecular weight excluding hydrogens is 308 g/mol. The first-order chi connectivity index (χ1) is 9.02. The Kier molecular flexibility index (Phi) is 4.24. The van der Waals surface area contributed by atoms with Crippen molar-refractivity contribution in [1.82, 2.24) is 4.90 Å². The summed E-state index contributed by atoms with van der Waals surface area (Å²) in [6.07, 6.45) is 0.301. The van der Waals surface area contributed by atoms with E-state index in [1.54, 1.807) is 16.8 Å². The summed E-state index contributed by atoms with van der Waals surface area (Å²) in [6, 6.07) is 7.59. The van der Waals surface area contributed by atoms with Crippen LogP contribution >= 0.6 is 15.9 Å². The van der Waals surface area contributed by atoms with E-state index in [9.17, 15) is 9.59 Å². The van der Waals surface area contributed by atoms with Gasteiger partial charge >= 0.3 is 0 Å². The number of hydrogen-bond donors (Lipinski definition) is 0. The van der Waals surface area contributed by atoms with Gasteiger partial charge in [-0.25, -0.2) is 0 Å². The summed E-state index contributed by atoms with van der Waals surface area (Å²) in [5.74, 6) is -0.161. The maximum atomic E-state index is 12.1. The largest absolute Gasteiger partial charge is 0.346 e. The quantitative estimate of drug-likeness (QED) is 0.855. The fraction of sp³-hybridized carbons (Fsp3) is 0.429. The molecule has 1 unspecified atom stereocenters. The highest BCUT2D eigenvalue weighted by Crippen LogP contribution is 2.27. The second-order valence-corrected chi connectivity index (χ2v) is 5.65. The third-order valence-corrected chi connectivity index (χ3v) is 3.94. The molecule has 1 fully saturated rings. The number of anilines is 1. The van der Waals surface area contributed by atoms with Crippen LogP contribution in [0.4, 0.5) is 5.69 Å². The topological polar surface area (TPSA) is 40.6 Å². The Morgan fingerprint density at radius 2 is 2.26 bits per heavy atom. The molecule has 0 saturated carbocycles. The first-order valence-electron chi connectivity index (χ1n) is 6.33. The normalized spacial score (nSPS) is 18.8. The van der Waals surface area contributed by atoms with E-state index >= 15 is 0 Å². The molecule has 0 spiro atoms. The molecule has 1 aliphatic rings. The van der Waals surface area contributed by atoms with E-state index in [0.29, 0.717) is 19.5 Å². The zero-order valence-electron chi connectivity index (χ0n) is 11.1. The summed E-state index contributed by atoms with van der Waals surface area (Å²) in [4.78, 5) is 27.5. The van der Waals surface area contributed by atoms with Crippen LogP contribution in [0.25, 0.3) is 0 Å². The van der Waals surface area contributed by atoms with E-state index in [1.165, 1.54) is 0 Å². The molecule has 1 aliphatic heterocycles. The van der Waals surface area contributed by atoms with Crippen molar-refractivity contribution >= 4 is 33.4 Å². The highest BCUT2D eigenvalue weighted by Gasteiger charge is 2.36. The van der Waals surface area contributed by atoms with Crippen LogP contribution in [0.2, 0.25) is 0 Å². The minimum atomic E-state index is -0.226. The second-order valence-electron chi connectivity index (χ2n) is 4.74. The summed E-state index contributed by atoms with van der Waals surface area (Å²) in [7, 11) is 1.77. The van der Waals surface area contributed by atoms with Gasteiger partial charge in [-0.2, -0.15) is 0 Å². The Labute approximate surface area is 121 Å². The first kappa shape index (κ1) is 14.1. The summed E-state index contributed by atoms with van der Waals surface area (Å²) < 4.78 is 0.929. The molecule has 1 atom stereocenters. The van der Waals surface area contributed by atoms with Crippen molar-refractivity contribution in [2.45, 2.75) is 13.3 Å². The van der Waals surface area contributed by atoms with Gasteiger partial charge in [0.15, 0.2) is 0 Å². The van der Waals surface area contributed by atoms with Gasteiger partial charge in [0, 0.05) is 36.7 Å². The Morgan fingerprint density at radius 3 is 2.89 bits per heavy atom. The van der Waals surface area contributed by atoms with E-state index in [0.717, 1.165) is 10.2 Å². The monoisotopic (exact) mass is 324 g/mol. The first-order valence-corrected chi connectivity index (χ1v) is 7.13. The highest BCUT2D eigenvalue weighted by molar-refractivity contribution is 9.10. The lowest BCUT2D eigenvalue weighted by Gasteiger charge is -2.20. The zero-order chi connectivity index (χ0) is 14.0. The predicted octanol–water partition coefficient (Wildman–Crippen LogP) is 2.28. The van der Waals surface area contributed by atoms with Crippen LogP contribution in [-0.4, -0.2) is 36.9 Å². The summed E-state index contributed by atoms with van der Waals surface area (Å²) >= 11 is 3.39. The minimum Gasteiger partial charge on any atom is -0.346 e. The summed E-state index contributed by atoms with van der Waals surface area (Å²) in [6.45, 7) is 3.07. The van der Waals surface area contributed by atoms with Gasteiger partial charge in [-0.05, 0) is 25.1 Å². The molecule has 19 heavy (non-hydrogen) atoms. The third kappa shape index (κ3) is 2.97. The van der Waals surface area contributed by atoms with Gasteiger partial charge in [-0.1, -0.05) is 22.0 Å². The molecule has 0 bridgehead atoms. The molecule has 4 nitrogen and oxygen atoms in total. The van der Waals surface area contributed by atoms with E-state index < -0.39 is 0 Å². The van der Waals surface area contributed by atoms with Gasteiger partial charge in [0.25, 0.3) is 0 Å². The maximum Gasteiger partial charge on any atom is 0.227 e. The molecule has 1 heterocycles. The highest BCUT2D eigenvalue weighted by atomic mass is 79.9. The maximum absolute atomic E-state index is 12.1. The lowest BCUT2D eigenvalue weighted by Crippen LogP contribution is -2.34. The number of hydrogen-bond acceptors (Lipinski definition) is 2. The Hall–Kier alpha value is -1.36. The molecule has 1 saturated heterocycles. The zero-order valence-corrected chi connectivity index (χ0v) is 12.7. The molecule has 102 valence electrons. The average Bonchev–Trinajstić information content (AvgIpc) is 2.79. The molecule has 0 aliphatic carbocycles. The van der Waals surface area contributed by atoms with Crippen LogP contribution in [-0.2, 0) is 9.59 Å². The standard InChI is InChI=1S/C14H17BrN2O2/c1-3-16(2)14(19)10-7-13(18)17(9-10)12-6-4-5-11(15)8-12/h4-6,8,10H,3,7,9H2,1-2H3. The van der Waals surface area contributed by atoms with Crippen molar-refractivity contribution in [2.75, 3.05) is 25.0 Å². The molecular formula is C14H17BrN2O2. The van der Waals surface area contributed by atoms with Crippen LogP contribution in [0.15, 0.2) is 28.7 Å². The van der Waals surface area contributed by atoms with Crippen LogP contribution in [0, 0.1) is 5.92 Å². The van der Waals surface area contributed by atoms with Crippen molar-refractivity contribution < 1.29 is 9.59 Å². The Morgan fingerprint density at radius 1 is 1.53 bits per heavy atom. The smallest absolute Gasteiger partial charge is 0.227 e. The van der Waals surface area contributed by atoms with Crippen LogP contribution in [0.5, 0.6) is 0 Å². The van der Waals surface area contributed by atoms with Crippen LogP contribution < -0.4 is 4.90 Å². The number of halogens is 1. The number of carbonyl (C=O) groups excluding carboxylic acids is 2. The predicted molar refractivity (Wildman–Crippen MR) is 77.9 cm³/mol. The number of rotatable bonds is 3. The van der Waals surface area contributed by atoms with E-state index in [1.807, 2.05) is 31.2 Å². The Balaban J connectivity index is 2.14. The fourth-order valence-corrected chi connectivity index (χ4v) is 2.62. The molecule has 2 amide bonds. The molecule has 0 radical (unpaired) electrons.